The standard InChI is InChI=1S/C23H24N2O4S/c26-23(14-15-25-30(27,28)22-12-5-2-6-13-22)24-17-20-10-7-11-21(16-20)29-18-19-8-3-1-4-9-19/h1-13,16,25H,14-15,17-18H2,(H,24,26). The van der Waals surface area contributed by atoms with Crippen molar-refractivity contribution in [3.8, 4) is 5.75 Å². The minimum absolute atomic E-state index is 0.0310. The van der Waals surface area contributed by atoms with E-state index in [1.54, 1.807) is 18.2 Å². The van der Waals surface area contributed by atoms with Crippen LogP contribution in [0.5, 0.6) is 5.75 Å². The molecule has 1 amide bonds. The maximum atomic E-state index is 12.1. The first kappa shape index (κ1) is 21.5. The number of carbonyl (C=O) groups is 1. The second-order valence-electron chi connectivity index (χ2n) is 6.66. The summed E-state index contributed by atoms with van der Waals surface area (Å²) in [7, 11) is -3.60. The summed E-state index contributed by atoms with van der Waals surface area (Å²) in [6, 6.07) is 25.5. The van der Waals surface area contributed by atoms with Crippen LogP contribution in [0.25, 0.3) is 0 Å². The molecule has 3 aromatic rings. The van der Waals surface area contributed by atoms with Crippen molar-refractivity contribution in [2.45, 2.75) is 24.5 Å². The van der Waals surface area contributed by atoms with Crippen molar-refractivity contribution in [2.24, 2.45) is 0 Å². The molecule has 0 saturated carbocycles. The molecule has 7 heteroatoms. The minimum atomic E-state index is -3.60. The molecule has 0 aliphatic carbocycles. The lowest BCUT2D eigenvalue weighted by atomic mass is 10.2. The Bertz CT molecular complexity index is 1050. The zero-order chi connectivity index (χ0) is 21.2. The van der Waals surface area contributed by atoms with E-state index in [2.05, 4.69) is 10.0 Å². The third kappa shape index (κ3) is 6.72. The molecule has 0 saturated heterocycles. The van der Waals surface area contributed by atoms with Crippen LogP contribution in [0.15, 0.2) is 89.8 Å². The largest absolute Gasteiger partial charge is 0.489 e. The molecule has 0 radical (unpaired) electrons. The molecule has 2 N–H and O–H groups in total. The molecule has 30 heavy (non-hydrogen) atoms. The number of carbonyl (C=O) groups excluding carboxylic acids is 1. The van der Waals surface area contributed by atoms with Gasteiger partial charge in [0, 0.05) is 19.5 Å². The minimum Gasteiger partial charge on any atom is -0.489 e. The van der Waals surface area contributed by atoms with Gasteiger partial charge >= 0.3 is 0 Å². The second kappa shape index (κ2) is 10.6. The molecule has 0 heterocycles. The summed E-state index contributed by atoms with van der Waals surface area (Å²) in [4.78, 5) is 12.2. The fourth-order valence-corrected chi connectivity index (χ4v) is 3.81. The zero-order valence-electron chi connectivity index (χ0n) is 16.5. The Labute approximate surface area is 177 Å². The Balaban J connectivity index is 1.42. The Hall–Kier alpha value is -3.16. The molecule has 0 bridgehead atoms. The molecule has 6 nitrogen and oxygen atoms in total. The number of hydrogen-bond donors (Lipinski definition) is 2. The van der Waals surface area contributed by atoms with Gasteiger partial charge in [-0.25, -0.2) is 13.1 Å². The number of hydrogen-bond acceptors (Lipinski definition) is 4. The van der Waals surface area contributed by atoms with Crippen molar-refractivity contribution in [2.75, 3.05) is 6.54 Å². The van der Waals surface area contributed by atoms with Gasteiger partial charge < -0.3 is 10.1 Å². The molecule has 0 spiro atoms. The van der Waals surface area contributed by atoms with E-state index < -0.39 is 10.0 Å². The van der Waals surface area contributed by atoms with E-state index >= 15 is 0 Å². The van der Waals surface area contributed by atoms with Crippen molar-refractivity contribution in [1.29, 1.82) is 0 Å². The first-order chi connectivity index (χ1) is 14.5. The summed E-state index contributed by atoms with van der Waals surface area (Å²) in [5.41, 5.74) is 1.98. The number of nitrogens with one attached hydrogen (secondary N) is 2. The molecule has 0 fully saturated rings. The average molecular weight is 425 g/mol. The normalized spacial score (nSPS) is 11.1. The van der Waals surface area contributed by atoms with Crippen LogP contribution in [0.2, 0.25) is 0 Å². The highest BCUT2D eigenvalue weighted by Gasteiger charge is 2.13. The molecule has 3 rings (SSSR count). The van der Waals surface area contributed by atoms with Crippen LogP contribution in [0, 0.1) is 0 Å². The number of amides is 1. The molecular formula is C23H24N2O4S. The van der Waals surface area contributed by atoms with Crippen molar-refractivity contribution >= 4 is 15.9 Å². The van der Waals surface area contributed by atoms with Crippen molar-refractivity contribution in [3.63, 3.8) is 0 Å². The Kier molecular flexibility index (Phi) is 7.59. The van der Waals surface area contributed by atoms with E-state index in [9.17, 15) is 13.2 Å². The van der Waals surface area contributed by atoms with Gasteiger partial charge in [-0.15, -0.1) is 0 Å². The quantitative estimate of drug-likeness (QED) is 0.523. The van der Waals surface area contributed by atoms with E-state index in [-0.39, 0.29) is 23.8 Å². The fraction of sp³-hybridized carbons (Fsp3) is 0.174. The van der Waals surface area contributed by atoms with Crippen molar-refractivity contribution in [1.82, 2.24) is 10.0 Å². The third-order valence-electron chi connectivity index (χ3n) is 4.33. The van der Waals surface area contributed by atoms with Crippen LogP contribution in [0.4, 0.5) is 0 Å². The lowest BCUT2D eigenvalue weighted by molar-refractivity contribution is -0.121. The summed E-state index contributed by atoms with van der Waals surface area (Å²) >= 11 is 0. The van der Waals surface area contributed by atoms with Gasteiger partial charge in [-0.2, -0.15) is 0 Å². The highest BCUT2D eigenvalue weighted by molar-refractivity contribution is 7.89. The maximum Gasteiger partial charge on any atom is 0.240 e. The molecule has 3 aromatic carbocycles. The first-order valence-corrected chi connectivity index (χ1v) is 11.1. The highest BCUT2D eigenvalue weighted by atomic mass is 32.2. The Morgan fingerprint density at radius 1 is 0.833 bits per heavy atom. The Morgan fingerprint density at radius 2 is 1.50 bits per heavy atom. The van der Waals surface area contributed by atoms with E-state index in [1.807, 2.05) is 54.6 Å². The molecule has 0 aromatic heterocycles. The average Bonchev–Trinajstić information content (AvgIpc) is 2.78. The van der Waals surface area contributed by atoms with Crippen LogP contribution in [0.3, 0.4) is 0 Å². The smallest absolute Gasteiger partial charge is 0.240 e. The molecule has 0 unspecified atom stereocenters. The van der Waals surface area contributed by atoms with Gasteiger partial charge in [-0.05, 0) is 35.4 Å². The summed E-state index contributed by atoms with van der Waals surface area (Å²) in [6.45, 7) is 0.842. The van der Waals surface area contributed by atoms with Gasteiger partial charge in [-0.3, -0.25) is 4.79 Å². The second-order valence-corrected chi connectivity index (χ2v) is 8.43. The lowest BCUT2D eigenvalue weighted by Gasteiger charge is -2.10. The monoisotopic (exact) mass is 424 g/mol. The predicted octanol–water partition coefficient (Wildman–Crippen LogP) is 3.25. The third-order valence-corrected chi connectivity index (χ3v) is 5.81. The van der Waals surface area contributed by atoms with E-state index in [4.69, 9.17) is 4.74 Å². The number of ether oxygens (including phenoxy) is 1. The van der Waals surface area contributed by atoms with Crippen LogP contribution in [-0.4, -0.2) is 20.9 Å². The van der Waals surface area contributed by atoms with Crippen LogP contribution in [-0.2, 0) is 28.0 Å². The van der Waals surface area contributed by atoms with E-state index in [1.165, 1.54) is 12.1 Å². The predicted molar refractivity (Wildman–Crippen MR) is 115 cm³/mol. The van der Waals surface area contributed by atoms with Gasteiger partial charge in [0.25, 0.3) is 0 Å². The fourth-order valence-electron chi connectivity index (χ4n) is 2.76. The topological polar surface area (TPSA) is 84.5 Å². The summed E-state index contributed by atoms with van der Waals surface area (Å²) in [5, 5.41) is 2.80. The lowest BCUT2D eigenvalue weighted by Crippen LogP contribution is -2.30. The molecule has 0 atom stereocenters. The van der Waals surface area contributed by atoms with Crippen LogP contribution in [0.1, 0.15) is 17.5 Å². The summed E-state index contributed by atoms with van der Waals surface area (Å²) < 4.78 is 32.5. The summed E-state index contributed by atoms with van der Waals surface area (Å²) in [5.74, 6) is 0.489. The number of benzene rings is 3. The van der Waals surface area contributed by atoms with Crippen molar-refractivity contribution < 1.29 is 17.9 Å². The van der Waals surface area contributed by atoms with Crippen LogP contribution < -0.4 is 14.8 Å². The zero-order valence-corrected chi connectivity index (χ0v) is 17.3. The maximum absolute atomic E-state index is 12.1. The van der Waals surface area contributed by atoms with Gasteiger partial charge in [0.1, 0.15) is 12.4 Å². The van der Waals surface area contributed by atoms with Gasteiger partial charge in [0.05, 0.1) is 4.90 Å². The van der Waals surface area contributed by atoms with E-state index in [0.29, 0.717) is 13.2 Å². The van der Waals surface area contributed by atoms with E-state index in [0.717, 1.165) is 16.9 Å². The molecule has 156 valence electrons. The van der Waals surface area contributed by atoms with Crippen LogP contribution >= 0.6 is 0 Å². The SMILES string of the molecule is O=C(CCNS(=O)(=O)c1ccccc1)NCc1cccc(OCc2ccccc2)c1. The van der Waals surface area contributed by atoms with Crippen molar-refractivity contribution in [3.05, 3.63) is 96.1 Å². The highest BCUT2D eigenvalue weighted by Crippen LogP contribution is 2.15. The first-order valence-electron chi connectivity index (χ1n) is 9.60. The Morgan fingerprint density at radius 3 is 2.23 bits per heavy atom. The number of sulfonamides is 1. The van der Waals surface area contributed by atoms with Gasteiger partial charge in [-0.1, -0.05) is 60.7 Å². The summed E-state index contributed by atoms with van der Waals surface area (Å²) in [6.07, 6.45) is 0.0518. The molecule has 0 aliphatic rings. The molecule has 0 aliphatic heterocycles. The molecular weight excluding hydrogens is 400 g/mol. The number of rotatable bonds is 10. The van der Waals surface area contributed by atoms with Gasteiger partial charge in [0.2, 0.25) is 15.9 Å². The van der Waals surface area contributed by atoms with Gasteiger partial charge in [0.15, 0.2) is 0 Å².